The number of para-hydroxylation sites is 1. The molecule has 3 amide bonds. The van der Waals surface area contributed by atoms with E-state index in [0.29, 0.717) is 40.7 Å². The highest BCUT2D eigenvalue weighted by Gasteiger charge is 2.18. The molecule has 0 aromatic heterocycles. The number of methoxy groups -OCH3 is 1. The highest BCUT2D eigenvalue weighted by atomic mass is 16.5. The molecule has 0 radical (unpaired) electrons. The number of ether oxygens (including phenoxy) is 3. The molecule has 0 saturated heterocycles. The van der Waals surface area contributed by atoms with Crippen molar-refractivity contribution in [2.45, 2.75) is 6.92 Å². The molecule has 0 atom stereocenters. The summed E-state index contributed by atoms with van der Waals surface area (Å²) in [5.41, 5.74) is 3.92. The zero-order valence-electron chi connectivity index (χ0n) is 23.3. The van der Waals surface area contributed by atoms with E-state index in [1.165, 1.54) is 25.5 Å². The second kappa shape index (κ2) is 14.6. The van der Waals surface area contributed by atoms with Crippen LogP contribution in [-0.2, 0) is 9.59 Å². The van der Waals surface area contributed by atoms with Crippen LogP contribution in [0.4, 0.5) is 11.4 Å². The van der Waals surface area contributed by atoms with Gasteiger partial charge in [-0.25, -0.2) is 10.2 Å². The van der Waals surface area contributed by atoms with Crippen LogP contribution in [0, 0.1) is 0 Å². The van der Waals surface area contributed by atoms with Crippen LogP contribution in [0.1, 0.15) is 33.2 Å². The van der Waals surface area contributed by atoms with Gasteiger partial charge in [0, 0.05) is 5.69 Å². The van der Waals surface area contributed by atoms with Gasteiger partial charge in [0.05, 0.1) is 36.7 Å². The number of amides is 3. The number of hydrogen-bond donors (Lipinski definition) is 3. The number of rotatable bonds is 10. The van der Waals surface area contributed by atoms with Crippen LogP contribution in [0.2, 0.25) is 0 Å². The van der Waals surface area contributed by atoms with Crippen molar-refractivity contribution >= 4 is 41.3 Å². The second-order valence-corrected chi connectivity index (χ2v) is 8.80. The molecule has 11 nitrogen and oxygen atoms in total. The van der Waals surface area contributed by atoms with Gasteiger partial charge in [0.25, 0.3) is 5.91 Å². The first-order chi connectivity index (χ1) is 20.9. The average Bonchev–Trinajstić information content (AvgIpc) is 3.03. The van der Waals surface area contributed by atoms with E-state index in [1.807, 2.05) is 6.92 Å². The zero-order chi connectivity index (χ0) is 30.6. The maximum absolute atomic E-state index is 12.9. The molecule has 11 heteroatoms. The topological polar surface area (TPSA) is 144 Å². The number of anilines is 2. The Hall–Kier alpha value is -5.97. The van der Waals surface area contributed by atoms with Gasteiger partial charge in [0.1, 0.15) is 17.2 Å². The van der Waals surface area contributed by atoms with E-state index in [2.05, 4.69) is 21.2 Å². The Morgan fingerprint density at radius 1 is 0.744 bits per heavy atom. The van der Waals surface area contributed by atoms with Gasteiger partial charge >= 0.3 is 17.8 Å². The monoisotopic (exact) mass is 580 g/mol. The number of carbonyl (C=O) groups is 4. The Labute approximate surface area is 247 Å². The van der Waals surface area contributed by atoms with Crippen LogP contribution in [0.5, 0.6) is 17.2 Å². The fraction of sp³-hybridized carbons (Fsp3) is 0.0938. The lowest BCUT2D eigenvalue weighted by Crippen LogP contribution is -2.33. The molecule has 4 aromatic rings. The maximum atomic E-state index is 12.9. The van der Waals surface area contributed by atoms with Gasteiger partial charge in [-0.1, -0.05) is 12.1 Å². The Balaban J connectivity index is 1.29. The van der Waals surface area contributed by atoms with Crippen LogP contribution >= 0.6 is 0 Å². The molecular weight excluding hydrogens is 552 g/mol. The molecule has 0 spiro atoms. The molecule has 43 heavy (non-hydrogen) atoms. The summed E-state index contributed by atoms with van der Waals surface area (Å²) in [5, 5.41) is 8.98. The fourth-order valence-electron chi connectivity index (χ4n) is 3.70. The van der Waals surface area contributed by atoms with Crippen LogP contribution in [0.3, 0.4) is 0 Å². The Bertz CT molecular complexity index is 1620. The molecule has 218 valence electrons. The lowest BCUT2D eigenvalue weighted by atomic mass is 10.1. The van der Waals surface area contributed by atoms with E-state index >= 15 is 0 Å². The number of esters is 1. The summed E-state index contributed by atoms with van der Waals surface area (Å²) in [6, 6.07) is 26.0. The summed E-state index contributed by atoms with van der Waals surface area (Å²) >= 11 is 0. The van der Waals surface area contributed by atoms with Gasteiger partial charge in [0.2, 0.25) is 0 Å². The molecular formula is C32H28N4O7. The van der Waals surface area contributed by atoms with Gasteiger partial charge < -0.3 is 24.8 Å². The SMILES string of the molecule is CCOc1ccc(NC(=O)c2ccccc2NC(=O)C(=O)N/N=C\c2ccc(OC(=O)c3ccc(OC)cc3)cc2)cc1. The van der Waals surface area contributed by atoms with E-state index in [0.717, 1.165) is 0 Å². The molecule has 0 fully saturated rings. The van der Waals surface area contributed by atoms with E-state index in [9.17, 15) is 19.2 Å². The first kappa shape index (κ1) is 30.0. The summed E-state index contributed by atoms with van der Waals surface area (Å²) in [6.07, 6.45) is 1.32. The van der Waals surface area contributed by atoms with Crippen molar-refractivity contribution in [1.29, 1.82) is 0 Å². The third-order valence-corrected chi connectivity index (χ3v) is 5.85. The molecule has 4 rings (SSSR count). The molecule has 3 N–H and O–H groups in total. The van der Waals surface area contributed by atoms with Gasteiger partial charge in [-0.15, -0.1) is 0 Å². The summed E-state index contributed by atoms with van der Waals surface area (Å²) in [5.74, 6) is -1.45. The standard InChI is InChI=1S/C32H28N4O7/c1-3-42-25-18-12-23(13-19-25)34-29(37)27-6-4-5-7-28(27)35-30(38)31(39)36-33-20-21-8-14-26(15-9-21)43-32(40)22-10-16-24(41-2)17-11-22/h4-20H,3H2,1-2H3,(H,34,37)(H,35,38)(H,36,39)/b33-20-. The normalized spacial score (nSPS) is 10.5. The summed E-state index contributed by atoms with van der Waals surface area (Å²) < 4.78 is 15.8. The summed E-state index contributed by atoms with van der Waals surface area (Å²) in [6.45, 7) is 2.40. The van der Waals surface area contributed by atoms with Crippen LogP contribution in [-0.4, -0.2) is 43.6 Å². The number of carbonyl (C=O) groups excluding carboxylic acids is 4. The van der Waals surface area contributed by atoms with Crippen molar-refractivity contribution < 1.29 is 33.4 Å². The molecule has 4 aromatic carbocycles. The zero-order valence-corrected chi connectivity index (χ0v) is 23.3. The second-order valence-electron chi connectivity index (χ2n) is 8.80. The van der Waals surface area contributed by atoms with Crippen molar-refractivity contribution in [3.63, 3.8) is 0 Å². The fourth-order valence-corrected chi connectivity index (χ4v) is 3.70. The molecule has 0 saturated carbocycles. The van der Waals surface area contributed by atoms with Crippen LogP contribution in [0.15, 0.2) is 102 Å². The minimum Gasteiger partial charge on any atom is -0.497 e. The maximum Gasteiger partial charge on any atom is 0.343 e. The smallest absolute Gasteiger partial charge is 0.343 e. The number of hydrogen-bond acceptors (Lipinski definition) is 8. The van der Waals surface area contributed by atoms with Crippen molar-refractivity contribution in [2.24, 2.45) is 5.10 Å². The third kappa shape index (κ3) is 8.51. The van der Waals surface area contributed by atoms with E-state index in [4.69, 9.17) is 14.2 Å². The minimum atomic E-state index is -1.04. The molecule has 0 bridgehead atoms. The molecule has 0 unspecified atom stereocenters. The van der Waals surface area contributed by atoms with Crippen molar-refractivity contribution in [3.05, 3.63) is 114 Å². The average molecular weight is 581 g/mol. The lowest BCUT2D eigenvalue weighted by molar-refractivity contribution is -0.136. The molecule has 0 aliphatic heterocycles. The minimum absolute atomic E-state index is 0.148. The van der Waals surface area contributed by atoms with Gasteiger partial charge in [-0.2, -0.15) is 5.10 Å². The largest absolute Gasteiger partial charge is 0.497 e. The van der Waals surface area contributed by atoms with E-state index < -0.39 is 23.7 Å². The number of hydrazone groups is 1. The van der Waals surface area contributed by atoms with E-state index in [-0.39, 0.29) is 11.3 Å². The number of nitrogens with zero attached hydrogens (tertiary/aromatic N) is 1. The summed E-state index contributed by atoms with van der Waals surface area (Å²) in [7, 11) is 1.53. The highest BCUT2D eigenvalue weighted by Crippen LogP contribution is 2.20. The highest BCUT2D eigenvalue weighted by molar-refractivity contribution is 6.40. The predicted molar refractivity (Wildman–Crippen MR) is 161 cm³/mol. The molecule has 0 aliphatic rings. The Morgan fingerprint density at radius 3 is 2.07 bits per heavy atom. The first-order valence-electron chi connectivity index (χ1n) is 13.1. The third-order valence-electron chi connectivity index (χ3n) is 5.85. The Morgan fingerprint density at radius 2 is 1.40 bits per heavy atom. The quantitative estimate of drug-likeness (QED) is 0.0814. The predicted octanol–water partition coefficient (Wildman–Crippen LogP) is 4.65. The Kier molecular flexibility index (Phi) is 10.2. The van der Waals surface area contributed by atoms with Gasteiger partial charge in [-0.05, 0) is 97.4 Å². The molecule has 0 aliphatic carbocycles. The molecule has 0 heterocycles. The van der Waals surface area contributed by atoms with Gasteiger partial charge in [-0.3, -0.25) is 14.4 Å². The van der Waals surface area contributed by atoms with Crippen LogP contribution in [0.25, 0.3) is 0 Å². The van der Waals surface area contributed by atoms with Crippen molar-refractivity contribution in [1.82, 2.24) is 5.43 Å². The van der Waals surface area contributed by atoms with Crippen molar-refractivity contribution in [2.75, 3.05) is 24.4 Å². The number of benzene rings is 4. The summed E-state index contributed by atoms with van der Waals surface area (Å²) in [4.78, 5) is 50.0. The van der Waals surface area contributed by atoms with Crippen molar-refractivity contribution in [3.8, 4) is 17.2 Å². The van der Waals surface area contributed by atoms with Gasteiger partial charge in [0.15, 0.2) is 0 Å². The van der Waals surface area contributed by atoms with Crippen LogP contribution < -0.4 is 30.3 Å². The number of nitrogens with one attached hydrogen (secondary N) is 3. The lowest BCUT2D eigenvalue weighted by Gasteiger charge is -2.11. The first-order valence-corrected chi connectivity index (χ1v) is 13.1. The van der Waals surface area contributed by atoms with E-state index in [1.54, 1.807) is 84.9 Å².